The zero-order chi connectivity index (χ0) is 11.3. The molecule has 0 radical (unpaired) electrons. The number of hydrogen-bond donors (Lipinski definition) is 0. The number of fused-ring (bicyclic) bond motifs is 3. The Bertz CT molecular complexity index is 738. The first-order valence-electron chi connectivity index (χ1n) is 5.16. The van der Waals surface area contributed by atoms with Crippen LogP contribution >= 0.6 is 0 Å². The minimum atomic E-state index is 0.712. The topological polar surface area (TPSA) is 33.6 Å². The van der Waals surface area contributed by atoms with E-state index in [0.29, 0.717) is 5.56 Å². The maximum absolute atomic E-state index is 8.92. The fourth-order valence-electron chi connectivity index (χ4n) is 2.38. The number of hydrogen-bond acceptors (Lipinski definition) is 1. The standard InChI is InChI=1S/C13H11N3/c1-15-6-5-10-11-7-9(8-14)3-4-12(11)16(2)13(10)15/h3-7H,1-2H3. The van der Waals surface area contributed by atoms with Crippen LogP contribution in [0.25, 0.3) is 21.9 Å². The molecule has 3 aromatic rings. The summed E-state index contributed by atoms with van der Waals surface area (Å²) in [4.78, 5) is 0. The average molecular weight is 209 g/mol. The molecule has 1 aromatic carbocycles. The first-order valence-corrected chi connectivity index (χ1v) is 5.16. The van der Waals surface area contributed by atoms with Crippen LogP contribution in [0.4, 0.5) is 0 Å². The van der Waals surface area contributed by atoms with Crippen molar-refractivity contribution in [2.24, 2.45) is 14.1 Å². The Balaban J connectivity index is 2.58. The van der Waals surface area contributed by atoms with E-state index in [4.69, 9.17) is 5.26 Å². The van der Waals surface area contributed by atoms with Gasteiger partial charge in [-0.25, -0.2) is 0 Å². The van der Waals surface area contributed by atoms with Crippen LogP contribution in [0.1, 0.15) is 5.56 Å². The second kappa shape index (κ2) is 2.89. The van der Waals surface area contributed by atoms with Crippen LogP contribution < -0.4 is 0 Å². The Morgan fingerprint density at radius 1 is 1.12 bits per heavy atom. The summed E-state index contributed by atoms with van der Waals surface area (Å²) in [7, 11) is 4.09. The minimum absolute atomic E-state index is 0.712. The number of aryl methyl sites for hydroxylation is 2. The van der Waals surface area contributed by atoms with E-state index in [1.165, 1.54) is 16.6 Å². The minimum Gasteiger partial charge on any atom is -0.337 e. The largest absolute Gasteiger partial charge is 0.337 e. The Morgan fingerprint density at radius 3 is 2.69 bits per heavy atom. The van der Waals surface area contributed by atoms with Gasteiger partial charge in [0.15, 0.2) is 0 Å². The van der Waals surface area contributed by atoms with E-state index in [9.17, 15) is 0 Å². The average Bonchev–Trinajstić information content (AvgIpc) is 2.81. The van der Waals surface area contributed by atoms with Gasteiger partial charge < -0.3 is 9.13 Å². The zero-order valence-corrected chi connectivity index (χ0v) is 9.23. The molecule has 0 aliphatic rings. The zero-order valence-electron chi connectivity index (χ0n) is 9.23. The molecule has 0 N–H and O–H groups in total. The molecule has 0 saturated carbocycles. The van der Waals surface area contributed by atoms with Gasteiger partial charge >= 0.3 is 0 Å². The Morgan fingerprint density at radius 2 is 1.94 bits per heavy atom. The highest BCUT2D eigenvalue weighted by Gasteiger charge is 2.10. The second-order valence-corrected chi connectivity index (χ2v) is 4.07. The molecule has 0 aliphatic carbocycles. The van der Waals surface area contributed by atoms with Crippen molar-refractivity contribution in [3.8, 4) is 6.07 Å². The van der Waals surface area contributed by atoms with Crippen LogP contribution in [0.5, 0.6) is 0 Å². The molecule has 16 heavy (non-hydrogen) atoms. The molecule has 0 bridgehead atoms. The number of benzene rings is 1. The van der Waals surface area contributed by atoms with Gasteiger partial charge in [0.05, 0.1) is 17.1 Å². The van der Waals surface area contributed by atoms with Gasteiger partial charge in [-0.1, -0.05) is 0 Å². The van der Waals surface area contributed by atoms with Crippen LogP contribution in [-0.4, -0.2) is 9.13 Å². The van der Waals surface area contributed by atoms with Gasteiger partial charge in [0.25, 0.3) is 0 Å². The van der Waals surface area contributed by atoms with Crippen molar-refractivity contribution in [2.45, 2.75) is 0 Å². The molecule has 78 valence electrons. The SMILES string of the molecule is Cn1ccc2c3cc(C#N)ccc3n(C)c21. The molecule has 0 fully saturated rings. The summed E-state index contributed by atoms with van der Waals surface area (Å²) in [6.07, 6.45) is 2.04. The van der Waals surface area contributed by atoms with Crippen molar-refractivity contribution in [3.63, 3.8) is 0 Å². The van der Waals surface area contributed by atoms with Crippen molar-refractivity contribution >= 4 is 21.9 Å². The van der Waals surface area contributed by atoms with Crippen molar-refractivity contribution < 1.29 is 0 Å². The summed E-state index contributed by atoms with van der Waals surface area (Å²) in [6, 6.07) is 10.1. The van der Waals surface area contributed by atoms with Gasteiger partial charge in [-0.15, -0.1) is 0 Å². The molecule has 0 atom stereocenters. The Labute approximate surface area is 93.1 Å². The molecule has 2 heterocycles. The summed E-state index contributed by atoms with van der Waals surface area (Å²) in [6.45, 7) is 0. The van der Waals surface area contributed by atoms with E-state index in [1.54, 1.807) is 0 Å². The highest BCUT2D eigenvalue weighted by atomic mass is 15.1. The van der Waals surface area contributed by atoms with Crippen molar-refractivity contribution in [1.82, 2.24) is 9.13 Å². The fourth-order valence-corrected chi connectivity index (χ4v) is 2.38. The molecule has 0 unspecified atom stereocenters. The maximum Gasteiger partial charge on any atom is 0.120 e. The van der Waals surface area contributed by atoms with E-state index in [0.717, 1.165) is 5.39 Å². The number of nitrogens with zero attached hydrogens (tertiary/aromatic N) is 3. The van der Waals surface area contributed by atoms with Gasteiger partial charge in [0, 0.05) is 31.1 Å². The molecule has 0 amide bonds. The summed E-state index contributed by atoms with van der Waals surface area (Å²) in [5.74, 6) is 0. The Hall–Kier alpha value is -2.21. The van der Waals surface area contributed by atoms with Gasteiger partial charge in [0.1, 0.15) is 5.65 Å². The monoisotopic (exact) mass is 209 g/mol. The predicted octanol–water partition coefficient (Wildman–Crippen LogP) is 2.54. The van der Waals surface area contributed by atoms with Gasteiger partial charge in [0.2, 0.25) is 0 Å². The van der Waals surface area contributed by atoms with Crippen LogP contribution in [0.2, 0.25) is 0 Å². The lowest BCUT2D eigenvalue weighted by Gasteiger charge is -1.99. The second-order valence-electron chi connectivity index (χ2n) is 4.07. The molecule has 3 heteroatoms. The first-order chi connectivity index (χ1) is 7.72. The first kappa shape index (κ1) is 9.05. The molecule has 3 nitrogen and oxygen atoms in total. The van der Waals surface area contributed by atoms with E-state index >= 15 is 0 Å². The van der Waals surface area contributed by atoms with Gasteiger partial charge in [-0.05, 0) is 24.3 Å². The normalized spacial score (nSPS) is 11.1. The van der Waals surface area contributed by atoms with E-state index in [-0.39, 0.29) is 0 Å². The van der Waals surface area contributed by atoms with Gasteiger partial charge in [-0.2, -0.15) is 5.26 Å². The summed E-state index contributed by atoms with van der Waals surface area (Å²) >= 11 is 0. The Kier molecular flexibility index (Phi) is 1.64. The number of aromatic nitrogens is 2. The molecule has 0 saturated heterocycles. The fraction of sp³-hybridized carbons (Fsp3) is 0.154. The predicted molar refractivity (Wildman–Crippen MR) is 64.1 cm³/mol. The van der Waals surface area contributed by atoms with E-state index in [1.807, 2.05) is 31.4 Å². The maximum atomic E-state index is 8.92. The summed E-state index contributed by atoms with van der Waals surface area (Å²) < 4.78 is 4.26. The van der Waals surface area contributed by atoms with Gasteiger partial charge in [-0.3, -0.25) is 0 Å². The lowest BCUT2D eigenvalue weighted by atomic mass is 10.1. The van der Waals surface area contributed by atoms with Crippen LogP contribution in [0.3, 0.4) is 0 Å². The third-order valence-corrected chi connectivity index (χ3v) is 3.13. The highest BCUT2D eigenvalue weighted by Crippen LogP contribution is 2.28. The number of rotatable bonds is 0. The quantitative estimate of drug-likeness (QED) is 0.560. The lowest BCUT2D eigenvalue weighted by Crippen LogP contribution is -1.93. The molecule has 3 rings (SSSR count). The molecule has 0 aliphatic heterocycles. The van der Waals surface area contributed by atoms with Crippen molar-refractivity contribution in [3.05, 3.63) is 36.0 Å². The molecule has 0 spiro atoms. The molecular formula is C13H11N3. The number of nitriles is 1. The van der Waals surface area contributed by atoms with Crippen LogP contribution in [0, 0.1) is 11.3 Å². The molecular weight excluding hydrogens is 198 g/mol. The third kappa shape index (κ3) is 0.961. The third-order valence-electron chi connectivity index (χ3n) is 3.13. The highest BCUT2D eigenvalue weighted by molar-refractivity contribution is 6.07. The summed E-state index contributed by atoms with van der Waals surface area (Å²) in [5.41, 5.74) is 3.06. The smallest absolute Gasteiger partial charge is 0.120 e. The van der Waals surface area contributed by atoms with Crippen molar-refractivity contribution in [1.29, 1.82) is 5.26 Å². The lowest BCUT2D eigenvalue weighted by molar-refractivity contribution is 0.885. The van der Waals surface area contributed by atoms with E-state index < -0.39 is 0 Å². The van der Waals surface area contributed by atoms with Crippen LogP contribution in [-0.2, 0) is 14.1 Å². The van der Waals surface area contributed by atoms with E-state index in [2.05, 4.69) is 28.3 Å². The summed E-state index contributed by atoms with van der Waals surface area (Å²) in [5, 5.41) is 11.3. The van der Waals surface area contributed by atoms with Crippen molar-refractivity contribution in [2.75, 3.05) is 0 Å². The molecule has 2 aromatic heterocycles. The van der Waals surface area contributed by atoms with Crippen LogP contribution in [0.15, 0.2) is 30.5 Å².